The molecule has 0 saturated carbocycles. The second kappa shape index (κ2) is 8.37. The van der Waals surface area contributed by atoms with Crippen LogP contribution in [0.3, 0.4) is 0 Å². The molecule has 0 bridgehead atoms. The van der Waals surface area contributed by atoms with Crippen LogP contribution in [-0.2, 0) is 9.84 Å². The zero-order valence-electron chi connectivity index (χ0n) is 15.7. The first kappa shape index (κ1) is 19.0. The van der Waals surface area contributed by atoms with Gasteiger partial charge in [-0.05, 0) is 73.2 Å². The van der Waals surface area contributed by atoms with E-state index in [-0.39, 0.29) is 9.79 Å². The fourth-order valence-corrected chi connectivity index (χ4v) is 4.21. The summed E-state index contributed by atoms with van der Waals surface area (Å²) in [6.07, 6.45) is 7.75. The fourth-order valence-electron chi connectivity index (χ4n) is 2.95. The first-order valence-corrected chi connectivity index (χ1v) is 10.8. The Morgan fingerprint density at radius 2 is 1.21 bits per heavy atom. The molecule has 146 valence electrons. The predicted octanol–water partition coefficient (Wildman–Crippen LogP) is 5.92. The Morgan fingerprint density at radius 3 is 1.76 bits per heavy atom. The number of ether oxygens (including phenoxy) is 2. The van der Waals surface area contributed by atoms with E-state index in [1.807, 2.05) is 42.5 Å². The Balaban J connectivity index is 1.49. The molecule has 0 amide bonds. The van der Waals surface area contributed by atoms with Crippen molar-refractivity contribution >= 4 is 9.84 Å². The van der Waals surface area contributed by atoms with Gasteiger partial charge in [0.15, 0.2) is 0 Å². The van der Waals surface area contributed by atoms with Gasteiger partial charge in [0.2, 0.25) is 9.84 Å². The summed E-state index contributed by atoms with van der Waals surface area (Å²) in [5.74, 6) is 2.77. The van der Waals surface area contributed by atoms with E-state index in [9.17, 15) is 8.42 Å². The molecule has 0 aromatic heterocycles. The van der Waals surface area contributed by atoms with Gasteiger partial charge in [-0.25, -0.2) is 8.42 Å². The van der Waals surface area contributed by atoms with Gasteiger partial charge in [-0.2, -0.15) is 0 Å². The van der Waals surface area contributed by atoms with Gasteiger partial charge in [-0.3, -0.25) is 0 Å². The van der Waals surface area contributed by atoms with Crippen LogP contribution in [0.1, 0.15) is 12.8 Å². The van der Waals surface area contributed by atoms with E-state index >= 15 is 0 Å². The van der Waals surface area contributed by atoms with Crippen LogP contribution in [0.5, 0.6) is 17.2 Å². The van der Waals surface area contributed by atoms with E-state index in [1.54, 1.807) is 48.5 Å². The summed E-state index contributed by atoms with van der Waals surface area (Å²) in [6.45, 7) is 0. The zero-order valence-corrected chi connectivity index (χ0v) is 16.5. The van der Waals surface area contributed by atoms with Crippen molar-refractivity contribution in [3.8, 4) is 17.2 Å². The van der Waals surface area contributed by atoms with Crippen LogP contribution in [0.2, 0.25) is 0 Å². The largest absolute Gasteiger partial charge is 0.462 e. The molecule has 0 atom stereocenters. The maximum atomic E-state index is 12.9. The molecular weight excluding hydrogens is 384 g/mol. The van der Waals surface area contributed by atoms with E-state index in [1.165, 1.54) is 0 Å². The summed E-state index contributed by atoms with van der Waals surface area (Å²) in [6, 6.07) is 22.2. The number of allylic oxidation sites excluding steroid dienone is 4. The fraction of sp³-hybridized carbons (Fsp3) is 0.0833. The van der Waals surface area contributed by atoms with Crippen molar-refractivity contribution in [3.63, 3.8) is 0 Å². The minimum absolute atomic E-state index is 0.215. The van der Waals surface area contributed by atoms with Crippen molar-refractivity contribution in [2.75, 3.05) is 0 Å². The van der Waals surface area contributed by atoms with Gasteiger partial charge in [0.05, 0.1) is 9.79 Å². The number of hydrogen-bond donors (Lipinski definition) is 0. The second-order valence-corrected chi connectivity index (χ2v) is 8.51. The van der Waals surface area contributed by atoms with Crippen LogP contribution >= 0.6 is 0 Å². The average Bonchev–Trinajstić information content (AvgIpc) is 2.76. The van der Waals surface area contributed by atoms with Gasteiger partial charge in [0, 0.05) is 6.42 Å². The lowest BCUT2D eigenvalue weighted by molar-refractivity contribution is 0.402. The van der Waals surface area contributed by atoms with Crippen LogP contribution in [-0.4, -0.2) is 8.42 Å². The summed E-state index contributed by atoms with van der Waals surface area (Å²) >= 11 is 0. The molecule has 1 aliphatic carbocycles. The number of benzene rings is 3. The molecule has 0 unspecified atom stereocenters. The van der Waals surface area contributed by atoms with Crippen LogP contribution in [0, 0.1) is 0 Å². The van der Waals surface area contributed by atoms with Gasteiger partial charge >= 0.3 is 0 Å². The minimum Gasteiger partial charge on any atom is -0.462 e. The molecule has 4 rings (SSSR count). The molecule has 0 N–H and O–H groups in total. The first-order chi connectivity index (χ1) is 14.1. The van der Waals surface area contributed by atoms with Gasteiger partial charge in [-0.1, -0.05) is 30.4 Å². The second-order valence-electron chi connectivity index (χ2n) is 6.56. The smallest absolute Gasteiger partial charge is 0.206 e. The van der Waals surface area contributed by atoms with Crippen molar-refractivity contribution in [3.05, 3.63) is 103 Å². The summed E-state index contributed by atoms with van der Waals surface area (Å²) in [7, 11) is -3.62. The molecule has 0 aliphatic heterocycles. The standard InChI is InChI=1S/C24H20O4S/c25-29(26,23-15-11-21(12-16-23)27-19-7-3-1-4-8-19)24-17-13-22(14-18-24)28-20-9-5-2-6-10-20/h1-5,7-9,11-18H,6,10H2. The minimum atomic E-state index is -3.62. The van der Waals surface area contributed by atoms with E-state index in [4.69, 9.17) is 9.47 Å². The van der Waals surface area contributed by atoms with Crippen LogP contribution in [0.25, 0.3) is 0 Å². The number of sulfone groups is 1. The summed E-state index contributed by atoms with van der Waals surface area (Å²) < 4.78 is 37.3. The molecule has 0 radical (unpaired) electrons. The number of hydrogen-bond acceptors (Lipinski definition) is 4. The Bertz CT molecular complexity index is 1130. The van der Waals surface area contributed by atoms with Crippen LogP contribution < -0.4 is 9.47 Å². The summed E-state index contributed by atoms with van der Waals surface area (Å²) in [5.41, 5.74) is 0. The molecule has 3 aromatic rings. The summed E-state index contributed by atoms with van der Waals surface area (Å²) in [5, 5.41) is 0. The topological polar surface area (TPSA) is 52.6 Å². The zero-order chi connectivity index (χ0) is 20.1. The Morgan fingerprint density at radius 1 is 0.655 bits per heavy atom. The third-order valence-electron chi connectivity index (χ3n) is 4.47. The van der Waals surface area contributed by atoms with Crippen molar-refractivity contribution in [2.45, 2.75) is 22.6 Å². The van der Waals surface area contributed by atoms with Gasteiger partial charge in [0.1, 0.15) is 23.0 Å². The Kier molecular flexibility index (Phi) is 5.49. The monoisotopic (exact) mass is 404 g/mol. The highest BCUT2D eigenvalue weighted by molar-refractivity contribution is 7.91. The average molecular weight is 404 g/mol. The Hall–Kier alpha value is -3.31. The third kappa shape index (κ3) is 4.58. The van der Waals surface area contributed by atoms with Crippen LogP contribution in [0.4, 0.5) is 0 Å². The maximum absolute atomic E-state index is 12.9. The lowest BCUT2D eigenvalue weighted by Crippen LogP contribution is -2.02. The van der Waals surface area contributed by atoms with E-state index in [2.05, 4.69) is 6.08 Å². The Labute approximate surface area is 170 Å². The van der Waals surface area contributed by atoms with Crippen molar-refractivity contribution in [1.82, 2.24) is 0 Å². The molecule has 29 heavy (non-hydrogen) atoms. The van der Waals surface area contributed by atoms with E-state index in [0.717, 1.165) is 18.6 Å². The van der Waals surface area contributed by atoms with Crippen molar-refractivity contribution < 1.29 is 17.9 Å². The highest BCUT2D eigenvalue weighted by atomic mass is 32.2. The number of para-hydroxylation sites is 1. The third-order valence-corrected chi connectivity index (χ3v) is 6.26. The highest BCUT2D eigenvalue weighted by Gasteiger charge is 2.18. The maximum Gasteiger partial charge on any atom is 0.206 e. The predicted molar refractivity (Wildman–Crippen MR) is 112 cm³/mol. The van der Waals surface area contributed by atoms with Gasteiger partial charge < -0.3 is 9.47 Å². The van der Waals surface area contributed by atoms with Crippen molar-refractivity contribution in [2.24, 2.45) is 0 Å². The lowest BCUT2D eigenvalue weighted by Gasteiger charge is -2.12. The first-order valence-electron chi connectivity index (χ1n) is 9.33. The molecule has 0 fully saturated rings. The summed E-state index contributed by atoms with van der Waals surface area (Å²) in [4.78, 5) is 0.436. The molecule has 0 heterocycles. The molecule has 1 aliphatic rings. The molecule has 5 heteroatoms. The molecule has 3 aromatic carbocycles. The van der Waals surface area contributed by atoms with E-state index in [0.29, 0.717) is 17.2 Å². The van der Waals surface area contributed by atoms with Gasteiger partial charge in [0.25, 0.3) is 0 Å². The SMILES string of the molecule is O=S(=O)(c1ccc(OC2=CC=CCC2)cc1)c1ccc(Oc2ccccc2)cc1. The van der Waals surface area contributed by atoms with Crippen molar-refractivity contribution in [1.29, 1.82) is 0 Å². The molecule has 0 saturated heterocycles. The normalized spacial score (nSPS) is 13.6. The lowest BCUT2D eigenvalue weighted by atomic mass is 10.2. The quantitative estimate of drug-likeness (QED) is 0.511. The van der Waals surface area contributed by atoms with E-state index < -0.39 is 9.84 Å². The number of rotatable bonds is 6. The molecule has 0 spiro atoms. The highest BCUT2D eigenvalue weighted by Crippen LogP contribution is 2.27. The van der Waals surface area contributed by atoms with Crippen LogP contribution in [0.15, 0.2) is 113 Å². The van der Waals surface area contributed by atoms with Gasteiger partial charge in [-0.15, -0.1) is 0 Å². The molecule has 4 nitrogen and oxygen atoms in total. The molecular formula is C24H20O4S.